The Morgan fingerprint density at radius 1 is 0.978 bits per heavy atom. The molecule has 3 heterocycles. The van der Waals surface area contributed by atoms with Gasteiger partial charge in [0.2, 0.25) is 17.7 Å². The molecule has 45 heavy (non-hydrogen) atoms. The van der Waals surface area contributed by atoms with Crippen LogP contribution in [0.25, 0.3) is 0 Å². The molecule has 0 aliphatic carbocycles. The summed E-state index contributed by atoms with van der Waals surface area (Å²) in [6.07, 6.45) is 0. The number of nitrogens with one attached hydrogen (secondary N) is 1. The van der Waals surface area contributed by atoms with E-state index in [1.165, 1.54) is 28.8 Å². The number of benzene rings is 3. The highest BCUT2D eigenvalue weighted by molar-refractivity contribution is 8.00. The SMILES string of the molecule is Cc1cccc(NC(=O)Cn2c3c(sc2=O)[C@@H](c2ccc(C(C)(C)C)cc2)[C@@H]2C(=O)N(c4ccc([N+](=O)[O-])cc4)C(=O)[C@@H]2S3)c1. The van der Waals surface area contributed by atoms with E-state index >= 15 is 0 Å². The molecule has 1 aromatic heterocycles. The largest absolute Gasteiger partial charge is 0.325 e. The van der Waals surface area contributed by atoms with Crippen molar-refractivity contribution in [2.24, 2.45) is 5.92 Å². The van der Waals surface area contributed by atoms with Crippen molar-refractivity contribution in [2.75, 3.05) is 10.2 Å². The molecule has 0 radical (unpaired) electrons. The number of thioether (sulfide) groups is 1. The fraction of sp³-hybridized carbons (Fsp3) is 0.273. The van der Waals surface area contributed by atoms with Crippen LogP contribution in [0.1, 0.15) is 48.3 Å². The molecule has 1 saturated heterocycles. The first-order valence-electron chi connectivity index (χ1n) is 14.3. The zero-order chi connectivity index (χ0) is 32.2. The van der Waals surface area contributed by atoms with Crippen LogP contribution < -0.4 is 15.1 Å². The lowest BCUT2D eigenvalue weighted by Gasteiger charge is -2.31. The first-order valence-corrected chi connectivity index (χ1v) is 16.0. The summed E-state index contributed by atoms with van der Waals surface area (Å²) in [5.41, 5.74) is 3.43. The molecular weight excluding hydrogens is 613 g/mol. The molecule has 0 unspecified atom stereocenters. The number of thiazole rings is 1. The van der Waals surface area contributed by atoms with Gasteiger partial charge < -0.3 is 5.32 Å². The number of nitro benzene ring substituents is 1. The van der Waals surface area contributed by atoms with Gasteiger partial charge >= 0.3 is 4.87 Å². The number of carbonyl (C=O) groups is 3. The summed E-state index contributed by atoms with van der Waals surface area (Å²) in [5, 5.41) is 13.7. The number of nitrogens with zero attached hydrogens (tertiary/aromatic N) is 3. The Labute approximate surface area is 267 Å². The smallest absolute Gasteiger partial charge is 0.308 e. The monoisotopic (exact) mass is 642 g/mol. The quantitative estimate of drug-likeness (QED) is 0.158. The predicted octanol–water partition coefficient (Wildman–Crippen LogP) is 5.86. The maximum absolute atomic E-state index is 14.1. The van der Waals surface area contributed by atoms with Crippen LogP contribution in [0.4, 0.5) is 17.1 Å². The van der Waals surface area contributed by atoms with E-state index in [2.05, 4.69) is 26.1 Å². The van der Waals surface area contributed by atoms with Crippen molar-refractivity contribution in [3.05, 3.63) is 114 Å². The molecule has 2 aliphatic heterocycles. The lowest BCUT2D eigenvalue weighted by molar-refractivity contribution is -0.384. The highest BCUT2D eigenvalue weighted by Gasteiger charge is 2.56. The molecule has 6 rings (SSSR count). The maximum Gasteiger partial charge on any atom is 0.308 e. The zero-order valence-electron chi connectivity index (χ0n) is 25.0. The standard InChI is InChI=1S/C33H30N4O6S2/c1-18-6-5-7-21(16-18)34-24(38)17-35-31-28(45-32(35)41)25(19-8-10-20(11-9-19)33(2,3)4)26-27(44-31)30(40)36(29(26)39)22-12-14-23(15-13-22)37(42)43/h5-16,25-27H,17H2,1-4H3,(H,34,38)/t25-,26-,27+/m0/s1. The third-order valence-corrected chi connectivity index (χ3v) is 10.7. The van der Waals surface area contributed by atoms with E-state index in [1.54, 1.807) is 6.07 Å². The average molecular weight is 643 g/mol. The zero-order valence-corrected chi connectivity index (χ0v) is 26.6. The number of aryl methyl sites for hydroxylation is 1. The fourth-order valence-corrected chi connectivity index (χ4v) is 8.62. The van der Waals surface area contributed by atoms with Gasteiger partial charge in [-0.1, -0.05) is 80.3 Å². The molecule has 1 fully saturated rings. The molecule has 2 aliphatic rings. The van der Waals surface area contributed by atoms with Gasteiger partial charge in [0.25, 0.3) is 5.69 Å². The van der Waals surface area contributed by atoms with Crippen LogP contribution in [0.2, 0.25) is 0 Å². The van der Waals surface area contributed by atoms with E-state index in [1.807, 2.05) is 49.4 Å². The average Bonchev–Trinajstić information content (AvgIpc) is 3.43. The summed E-state index contributed by atoms with van der Waals surface area (Å²) in [7, 11) is 0. The van der Waals surface area contributed by atoms with Crippen molar-refractivity contribution >= 4 is 57.9 Å². The minimum atomic E-state index is -0.868. The number of carbonyl (C=O) groups excluding carboxylic acids is 3. The first-order chi connectivity index (χ1) is 21.3. The van der Waals surface area contributed by atoms with Crippen molar-refractivity contribution in [3.8, 4) is 0 Å². The van der Waals surface area contributed by atoms with Gasteiger partial charge in [-0.05, 0) is 53.3 Å². The van der Waals surface area contributed by atoms with E-state index in [0.29, 0.717) is 15.6 Å². The van der Waals surface area contributed by atoms with E-state index in [0.717, 1.165) is 44.7 Å². The molecule has 0 spiro atoms. The van der Waals surface area contributed by atoms with Crippen molar-refractivity contribution in [3.63, 3.8) is 0 Å². The van der Waals surface area contributed by atoms with Gasteiger partial charge in [0.1, 0.15) is 11.8 Å². The summed E-state index contributed by atoms with van der Waals surface area (Å²) in [6, 6.07) is 20.5. The minimum absolute atomic E-state index is 0.112. The van der Waals surface area contributed by atoms with Crippen molar-refractivity contribution in [2.45, 2.75) is 55.8 Å². The number of hydrogen-bond acceptors (Lipinski definition) is 8. The number of amides is 3. The van der Waals surface area contributed by atoms with Crippen LogP contribution in [0, 0.1) is 23.0 Å². The van der Waals surface area contributed by atoms with Gasteiger partial charge in [0, 0.05) is 28.6 Å². The van der Waals surface area contributed by atoms with E-state index in [-0.39, 0.29) is 28.2 Å². The van der Waals surface area contributed by atoms with Crippen LogP contribution in [-0.4, -0.2) is 32.5 Å². The second-order valence-electron chi connectivity index (χ2n) is 12.2. The normalized spacial score (nSPS) is 19.3. The summed E-state index contributed by atoms with van der Waals surface area (Å²) in [6.45, 7) is 7.95. The molecule has 0 saturated carbocycles. The molecule has 3 amide bonds. The van der Waals surface area contributed by atoms with E-state index < -0.39 is 39.7 Å². The third kappa shape index (κ3) is 5.59. The Kier molecular flexibility index (Phi) is 7.74. The molecule has 4 aromatic rings. The Balaban J connectivity index is 1.41. The number of anilines is 2. The van der Waals surface area contributed by atoms with E-state index in [9.17, 15) is 29.3 Å². The molecule has 12 heteroatoms. The van der Waals surface area contributed by atoms with Crippen molar-refractivity contribution in [1.82, 2.24) is 4.57 Å². The molecular formula is C33H30N4O6S2. The summed E-state index contributed by atoms with van der Waals surface area (Å²) < 4.78 is 1.38. The van der Waals surface area contributed by atoms with Gasteiger partial charge in [-0.2, -0.15) is 0 Å². The summed E-state index contributed by atoms with van der Waals surface area (Å²) in [4.78, 5) is 66.6. The molecule has 1 N–H and O–H groups in total. The predicted molar refractivity (Wildman–Crippen MR) is 174 cm³/mol. The summed E-state index contributed by atoms with van der Waals surface area (Å²) >= 11 is 2.11. The summed E-state index contributed by atoms with van der Waals surface area (Å²) in [5.74, 6) is -2.73. The van der Waals surface area contributed by atoms with Gasteiger partial charge in [0.05, 0.1) is 21.6 Å². The maximum atomic E-state index is 14.1. The number of hydrogen-bond donors (Lipinski definition) is 1. The second kappa shape index (κ2) is 11.4. The van der Waals surface area contributed by atoms with Crippen LogP contribution in [0.5, 0.6) is 0 Å². The Hall–Kier alpha value is -4.55. The minimum Gasteiger partial charge on any atom is -0.325 e. The van der Waals surface area contributed by atoms with Gasteiger partial charge in [-0.15, -0.1) is 0 Å². The first kappa shape index (κ1) is 30.5. The number of nitro groups is 1. The number of rotatable bonds is 6. The van der Waals surface area contributed by atoms with Crippen LogP contribution in [0.3, 0.4) is 0 Å². The number of imide groups is 1. The van der Waals surface area contributed by atoms with E-state index in [4.69, 9.17) is 0 Å². The lowest BCUT2D eigenvalue weighted by Crippen LogP contribution is -2.33. The highest BCUT2D eigenvalue weighted by atomic mass is 32.2. The molecule has 10 nitrogen and oxygen atoms in total. The molecule has 3 atom stereocenters. The number of aromatic nitrogens is 1. The Morgan fingerprint density at radius 2 is 1.67 bits per heavy atom. The second-order valence-corrected chi connectivity index (χ2v) is 14.4. The Morgan fingerprint density at radius 3 is 2.29 bits per heavy atom. The third-order valence-electron chi connectivity index (χ3n) is 8.11. The van der Waals surface area contributed by atoms with Gasteiger partial charge in [-0.25, -0.2) is 4.90 Å². The fourth-order valence-electron chi connectivity index (χ4n) is 5.85. The number of fused-ring (bicyclic) bond motifs is 2. The topological polar surface area (TPSA) is 132 Å². The number of non-ortho nitro benzene ring substituents is 1. The van der Waals surface area contributed by atoms with Crippen LogP contribution >= 0.6 is 23.1 Å². The van der Waals surface area contributed by atoms with Gasteiger partial charge in [-0.3, -0.25) is 33.9 Å². The van der Waals surface area contributed by atoms with Gasteiger partial charge in [0.15, 0.2) is 0 Å². The molecule has 3 aromatic carbocycles. The van der Waals surface area contributed by atoms with Crippen LogP contribution in [0.15, 0.2) is 82.6 Å². The van der Waals surface area contributed by atoms with Crippen molar-refractivity contribution in [1.29, 1.82) is 0 Å². The van der Waals surface area contributed by atoms with Crippen LogP contribution in [-0.2, 0) is 26.3 Å². The van der Waals surface area contributed by atoms with Crippen molar-refractivity contribution < 1.29 is 19.3 Å². The molecule has 0 bridgehead atoms. The highest BCUT2D eigenvalue weighted by Crippen LogP contribution is 2.54. The molecule has 230 valence electrons. The lowest BCUT2D eigenvalue weighted by atomic mass is 9.81. The Bertz CT molecular complexity index is 1910.